The number of H-pyrrole nitrogens is 1. The molecule has 0 aliphatic heterocycles. The van der Waals surface area contributed by atoms with E-state index in [0.717, 1.165) is 47.1 Å². The van der Waals surface area contributed by atoms with Crippen LogP contribution < -0.4 is 5.32 Å². The van der Waals surface area contributed by atoms with Crippen LogP contribution in [0.1, 0.15) is 38.7 Å². The van der Waals surface area contributed by atoms with E-state index in [2.05, 4.69) is 22.2 Å². The Kier molecular flexibility index (Phi) is 5.94. The van der Waals surface area contributed by atoms with Gasteiger partial charge in [-0.25, -0.2) is 0 Å². The normalized spacial score (nSPS) is 12.3. The van der Waals surface area contributed by atoms with Gasteiger partial charge < -0.3 is 10.3 Å². The van der Waals surface area contributed by atoms with E-state index in [1.165, 1.54) is 0 Å². The topological polar surface area (TPSA) is 57.8 Å². The first kappa shape index (κ1) is 18.5. The van der Waals surface area contributed by atoms with Gasteiger partial charge in [0.25, 0.3) is 0 Å². The fourth-order valence-corrected chi connectivity index (χ4v) is 3.26. The van der Waals surface area contributed by atoms with Crippen molar-refractivity contribution in [2.75, 3.05) is 0 Å². The number of nitrogens with one attached hydrogen (secondary N) is 2. The molecule has 3 rings (SSSR count). The second-order valence-electron chi connectivity index (χ2n) is 6.61. The minimum atomic E-state index is 0.108. The van der Waals surface area contributed by atoms with E-state index in [9.17, 15) is 4.79 Å². The monoisotopic (exact) mass is 369 g/mol. The summed E-state index contributed by atoms with van der Waals surface area (Å²) in [6.07, 6.45) is 4.81. The summed E-state index contributed by atoms with van der Waals surface area (Å²) in [5.41, 5.74) is 4.11. The van der Waals surface area contributed by atoms with Crippen molar-refractivity contribution in [2.24, 2.45) is 0 Å². The van der Waals surface area contributed by atoms with Crippen LogP contribution in [0.3, 0.4) is 0 Å². The first-order chi connectivity index (χ1) is 12.6. The molecular weight excluding hydrogens is 346 g/mol. The van der Waals surface area contributed by atoms with Gasteiger partial charge in [-0.2, -0.15) is 0 Å². The molecule has 26 heavy (non-hydrogen) atoms. The second-order valence-corrected chi connectivity index (χ2v) is 7.05. The Balaban J connectivity index is 1.84. The molecule has 2 aromatic heterocycles. The molecule has 0 radical (unpaired) electrons. The van der Waals surface area contributed by atoms with Crippen LogP contribution >= 0.6 is 11.6 Å². The van der Waals surface area contributed by atoms with E-state index < -0.39 is 0 Å². The minimum absolute atomic E-state index is 0.108. The third kappa shape index (κ3) is 4.25. The average molecular weight is 370 g/mol. The number of benzene rings is 1. The zero-order chi connectivity index (χ0) is 18.5. The van der Waals surface area contributed by atoms with Crippen molar-refractivity contribution in [3.8, 4) is 11.4 Å². The van der Waals surface area contributed by atoms with Crippen molar-refractivity contribution in [3.63, 3.8) is 0 Å². The second kappa shape index (κ2) is 8.37. The Labute approximate surface area is 159 Å². The summed E-state index contributed by atoms with van der Waals surface area (Å²) in [4.78, 5) is 20.0. The summed E-state index contributed by atoms with van der Waals surface area (Å²) < 4.78 is 0. The molecule has 1 amide bonds. The molecule has 0 aliphatic rings. The number of carbonyl (C=O) groups excluding carboxylic acids is 1. The molecule has 2 N–H and O–H groups in total. The standard InChI is InChI=1S/C21H24ClN3O/c1-3-14(2)24-20(26)9-6-7-16-17-13-15(22)10-11-18(17)25-21(16)19-8-4-5-12-23-19/h4-5,8,10-14,25H,3,6-7,9H2,1-2H3,(H,24,26). The Morgan fingerprint density at radius 2 is 2.15 bits per heavy atom. The first-order valence-electron chi connectivity index (χ1n) is 9.09. The van der Waals surface area contributed by atoms with Crippen LogP contribution in [0.2, 0.25) is 5.02 Å². The third-order valence-electron chi connectivity index (χ3n) is 4.64. The molecule has 0 fully saturated rings. The molecule has 1 aromatic carbocycles. The number of pyridine rings is 1. The lowest BCUT2D eigenvalue weighted by Gasteiger charge is -2.11. The van der Waals surface area contributed by atoms with Gasteiger partial charge in [-0.1, -0.05) is 24.6 Å². The Morgan fingerprint density at radius 1 is 1.31 bits per heavy atom. The summed E-state index contributed by atoms with van der Waals surface area (Å²) in [7, 11) is 0. The third-order valence-corrected chi connectivity index (χ3v) is 4.87. The van der Waals surface area contributed by atoms with Crippen LogP contribution in [0.5, 0.6) is 0 Å². The Morgan fingerprint density at radius 3 is 2.88 bits per heavy atom. The van der Waals surface area contributed by atoms with Gasteiger partial charge in [0, 0.05) is 34.6 Å². The van der Waals surface area contributed by atoms with Gasteiger partial charge in [0.2, 0.25) is 5.91 Å². The summed E-state index contributed by atoms with van der Waals surface area (Å²) in [6, 6.07) is 11.9. The maximum atomic E-state index is 12.1. The molecule has 1 atom stereocenters. The Hall–Kier alpha value is -2.33. The van der Waals surface area contributed by atoms with Gasteiger partial charge in [-0.15, -0.1) is 0 Å². The van der Waals surface area contributed by atoms with E-state index in [0.29, 0.717) is 11.4 Å². The molecule has 0 saturated heterocycles. The highest BCUT2D eigenvalue weighted by Crippen LogP contribution is 2.32. The minimum Gasteiger partial charge on any atom is -0.354 e. The van der Waals surface area contributed by atoms with Crippen LogP contribution in [0, 0.1) is 0 Å². The van der Waals surface area contributed by atoms with E-state index in [4.69, 9.17) is 11.6 Å². The number of hydrogen-bond acceptors (Lipinski definition) is 2. The fraction of sp³-hybridized carbons (Fsp3) is 0.333. The van der Waals surface area contributed by atoms with Gasteiger partial charge in [0.05, 0.1) is 11.4 Å². The molecule has 0 spiro atoms. The number of aromatic nitrogens is 2. The number of aryl methyl sites for hydroxylation is 1. The molecule has 4 nitrogen and oxygen atoms in total. The van der Waals surface area contributed by atoms with Gasteiger partial charge in [0.15, 0.2) is 0 Å². The zero-order valence-corrected chi connectivity index (χ0v) is 15.9. The van der Waals surface area contributed by atoms with E-state index >= 15 is 0 Å². The van der Waals surface area contributed by atoms with Crippen molar-refractivity contribution in [2.45, 2.75) is 45.6 Å². The van der Waals surface area contributed by atoms with Crippen molar-refractivity contribution in [1.82, 2.24) is 15.3 Å². The van der Waals surface area contributed by atoms with Crippen molar-refractivity contribution < 1.29 is 4.79 Å². The van der Waals surface area contributed by atoms with Crippen LogP contribution in [-0.4, -0.2) is 21.9 Å². The van der Waals surface area contributed by atoms with E-state index in [-0.39, 0.29) is 11.9 Å². The summed E-state index contributed by atoms with van der Waals surface area (Å²) in [5.74, 6) is 0.108. The van der Waals surface area contributed by atoms with Gasteiger partial charge in [-0.3, -0.25) is 9.78 Å². The molecule has 0 bridgehead atoms. The SMILES string of the molecule is CCC(C)NC(=O)CCCc1c(-c2ccccn2)[nH]c2ccc(Cl)cc12. The van der Waals surface area contributed by atoms with Gasteiger partial charge >= 0.3 is 0 Å². The fourth-order valence-electron chi connectivity index (χ4n) is 3.08. The maximum absolute atomic E-state index is 12.1. The van der Waals surface area contributed by atoms with Crippen molar-refractivity contribution in [3.05, 3.63) is 53.2 Å². The summed E-state index contributed by atoms with van der Waals surface area (Å²) in [5, 5.41) is 4.83. The zero-order valence-electron chi connectivity index (χ0n) is 15.2. The highest BCUT2D eigenvalue weighted by molar-refractivity contribution is 6.31. The lowest BCUT2D eigenvalue weighted by atomic mass is 10.0. The lowest BCUT2D eigenvalue weighted by molar-refractivity contribution is -0.121. The van der Waals surface area contributed by atoms with E-state index in [1.54, 1.807) is 6.20 Å². The van der Waals surface area contributed by atoms with Crippen LogP contribution in [0.25, 0.3) is 22.3 Å². The van der Waals surface area contributed by atoms with E-state index in [1.807, 2.05) is 43.3 Å². The van der Waals surface area contributed by atoms with Crippen LogP contribution in [-0.2, 0) is 11.2 Å². The first-order valence-corrected chi connectivity index (χ1v) is 9.47. The molecule has 5 heteroatoms. The molecule has 136 valence electrons. The largest absolute Gasteiger partial charge is 0.354 e. The smallest absolute Gasteiger partial charge is 0.220 e. The summed E-state index contributed by atoms with van der Waals surface area (Å²) >= 11 is 6.21. The van der Waals surface area contributed by atoms with Gasteiger partial charge in [0.1, 0.15) is 0 Å². The quantitative estimate of drug-likeness (QED) is 0.607. The maximum Gasteiger partial charge on any atom is 0.220 e. The number of fused-ring (bicyclic) bond motifs is 1. The number of carbonyl (C=O) groups is 1. The number of nitrogens with zero attached hydrogens (tertiary/aromatic N) is 1. The summed E-state index contributed by atoms with van der Waals surface area (Å²) in [6.45, 7) is 4.10. The molecule has 0 aliphatic carbocycles. The van der Waals surface area contributed by atoms with Gasteiger partial charge in [-0.05, 0) is 62.1 Å². The Bertz CT molecular complexity index is 889. The molecule has 0 saturated carbocycles. The highest BCUT2D eigenvalue weighted by Gasteiger charge is 2.15. The average Bonchev–Trinajstić information content (AvgIpc) is 3.00. The van der Waals surface area contributed by atoms with Crippen molar-refractivity contribution >= 4 is 28.4 Å². The van der Waals surface area contributed by atoms with Crippen molar-refractivity contribution in [1.29, 1.82) is 0 Å². The molecule has 2 heterocycles. The number of hydrogen-bond donors (Lipinski definition) is 2. The highest BCUT2D eigenvalue weighted by atomic mass is 35.5. The molecular formula is C21H24ClN3O. The number of halogens is 1. The van der Waals surface area contributed by atoms with Crippen LogP contribution in [0.4, 0.5) is 0 Å². The molecule has 1 unspecified atom stereocenters. The number of rotatable bonds is 7. The predicted molar refractivity (Wildman–Crippen MR) is 107 cm³/mol. The van der Waals surface area contributed by atoms with Crippen LogP contribution in [0.15, 0.2) is 42.6 Å². The molecule has 3 aromatic rings. The number of aromatic amines is 1. The lowest BCUT2D eigenvalue weighted by Crippen LogP contribution is -2.31. The predicted octanol–water partition coefficient (Wildman–Crippen LogP) is 5.12. The number of amides is 1.